The minimum absolute atomic E-state index is 0. The summed E-state index contributed by atoms with van der Waals surface area (Å²) in [5.41, 5.74) is 1.49. The molecule has 2 rings (SSSR count). The summed E-state index contributed by atoms with van der Waals surface area (Å²) >= 11 is 5.88. The van der Waals surface area contributed by atoms with Gasteiger partial charge in [-0.15, -0.1) is 0 Å². The smallest absolute Gasteiger partial charge is 0.230 e. The van der Waals surface area contributed by atoms with E-state index in [4.69, 9.17) is 11.6 Å². The van der Waals surface area contributed by atoms with Crippen LogP contribution >= 0.6 is 11.6 Å². The van der Waals surface area contributed by atoms with Crippen molar-refractivity contribution in [1.82, 2.24) is 4.98 Å². The maximum atomic E-state index is 12.0. The number of aryl methyl sites for hydroxylation is 1. The van der Waals surface area contributed by atoms with Crippen LogP contribution in [0.15, 0.2) is 42.7 Å². The van der Waals surface area contributed by atoms with E-state index >= 15 is 0 Å². The summed E-state index contributed by atoms with van der Waals surface area (Å²) in [4.78, 5) is 15.9. The molecule has 0 aliphatic carbocycles. The predicted molar refractivity (Wildman–Crippen MR) is 65.0 cm³/mol. The van der Waals surface area contributed by atoms with Crippen LogP contribution in [0, 0.1) is 6.92 Å². The number of carbonyl (C=O) groups excluding carboxylic acids is 1. The van der Waals surface area contributed by atoms with Gasteiger partial charge in [0.2, 0.25) is 12.3 Å². The van der Waals surface area contributed by atoms with Crippen LogP contribution < -0.4 is 21.5 Å². The lowest BCUT2D eigenvalue weighted by Crippen LogP contribution is -3.00. The maximum absolute atomic E-state index is 12.0. The molecule has 0 fully saturated rings. The minimum Gasteiger partial charge on any atom is -1.00 e. The molecule has 0 atom stereocenters. The van der Waals surface area contributed by atoms with Crippen LogP contribution in [0.25, 0.3) is 0 Å². The number of nitrogens with zero attached hydrogens (tertiary/aromatic N) is 2. The van der Waals surface area contributed by atoms with Crippen LogP contribution in [0.4, 0.5) is 0 Å². The third kappa shape index (κ3) is 3.37. The lowest BCUT2D eigenvalue weighted by atomic mass is 10.2. The molecule has 0 spiro atoms. The summed E-state index contributed by atoms with van der Waals surface area (Å²) in [6, 6.07) is 9.19. The normalized spacial score (nSPS) is 9.67. The molecule has 18 heavy (non-hydrogen) atoms. The second-order valence-electron chi connectivity index (χ2n) is 3.73. The lowest BCUT2D eigenvalue weighted by Gasteiger charge is -2.01. The van der Waals surface area contributed by atoms with Gasteiger partial charge in [0.05, 0.1) is 5.56 Å². The van der Waals surface area contributed by atoms with Gasteiger partial charge in [-0.2, -0.15) is 4.57 Å². The zero-order valence-electron chi connectivity index (χ0n) is 9.81. The molecule has 2 heterocycles. The van der Waals surface area contributed by atoms with Gasteiger partial charge in [-0.3, -0.25) is 4.79 Å². The molecule has 0 aliphatic heterocycles. The molecule has 0 saturated carbocycles. The first-order valence-electron chi connectivity index (χ1n) is 5.27. The van der Waals surface area contributed by atoms with Gasteiger partial charge in [0.25, 0.3) is 0 Å². The number of hydrogen-bond acceptors (Lipinski definition) is 2. The molecule has 94 valence electrons. The predicted octanol–water partition coefficient (Wildman–Crippen LogP) is -0.782. The van der Waals surface area contributed by atoms with E-state index in [0.717, 1.165) is 5.69 Å². The number of carbonyl (C=O) groups is 1. The van der Waals surface area contributed by atoms with Crippen LogP contribution in [-0.2, 0) is 6.54 Å². The zero-order valence-corrected chi connectivity index (χ0v) is 12.1. The van der Waals surface area contributed by atoms with E-state index in [9.17, 15) is 4.79 Å². The average molecular weight is 328 g/mol. The molecule has 0 saturated heterocycles. The third-order valence-electron chi connectivity index (χ3n) is 2.54. The van der Waals surface area contributed by atoms with Gasteiger partial charge in [0.1, 0.15) is 5.15 Å². The second-order valence-corrected chi connectivity index (χ2v) is 4.09. The Morgan fingerprint density at radius 2 is 2.11 bits per heavy atom. The van der Waals surface area contributed by atoms with E-state index in [1.54, 1.807) is 18.3 Å². The Kier molecular flexibility index (Phi) is 5.44. The first kappa shape index (κ1) is 14.8. The fourth-order valence-electron chi connectivity index (χ4n) is 1.57. The van der Waals surface area contributed by atoms with Crippen molar-refractivity contribution in [2.45, 2.75) is 13.5 Å². The van der Waals surface area contributed by atoms with Gasteiger partial charge in [0, 0.05) is 25.3 Å². The highest BCUT2D eigenvalue weighted by atomic mass is 79.9. The van der Waals surface area contributed by atoms with Crippen LogP contribution in [0.1, 0.15) is 16.1 Å². The first-order chi connectivity index (χ1) is 8.18. The summed E-state index contributed by atoms with van der Waals surface area (Å²) in [6.45, 7) is 2.23. The highest BCUT2D eigenvalue weighted by Crippen LogP contribution is 2.12. The number of halogens is 2. The van der Waals surface area contributed by atoms with Gasteiger partial charge in [-0.25, -0.2) is 4.98 Å². The molecule has 0 aromatic carbocycles. The number of pyridine rings is 2. The first-order valence-corrected chi connectivity index (χ1v) is 5.65. The molecule has 3 nitrogen and oxygen atoms in total. The number of Topliss-reactive ketones (excluding diaryl/α,β-unsaturated/α-hetero) is 1. The van der Waals surface area contributed by atoms with Gasteiger partial charge >= 0.3 is 0 Å². The summed E-state index contributed by atoms with van der Waals surface area (Å²) in [5, 5.41) is 0.256. The summed E-state index contributed by atoms with van der Waals surface area (Å²) < 4.78 is 1.88. The largest absolute Gasteiger partial charge is 1.00 e. The van der Waals surface area contributed by atoms with Crippen molar-refractivity contribution in [3.05, 3.63) is 59.1 Å². The highest BCUT2D eigenvalue weighted by Gasteiger charge is 2.16. The summed E-state index contributed by atoms with van der Waals surface area (Å²) in [5.74, 6) is -0.0394. The Morgan fingerprint density at radius 3 is 2.78 bits per heavy atom. The van der Waals surface area contributed by atoms with Crippen LogP contribution in [-0.4, -0.2) is 10.8 Å². The number of aromatic nitrogens is 2. The second kappa shape index (κ2) is 6.61. The fraction of sp³-hybridized carbons (Fsp3) is 0.154. The quantitative estimate of drug-likeness (QED) is 0.421. The molecule has 5 heteroatoms. The molecule has 0 unspecified atom stereocenters. The molecule has 0 radical (unpaired) electrons. The molecule has 2 aromatic rings. The fourth-order valence-corrected chi connectivity index (χ4v) is 1.80. The van der Waals surface area contributed by atoms with Crippen molar-refractivity contribution < 1.29 is 26.3 Å². The Morgan fingerprint density at radius 1 is 1.33 bits per heavy atom. The zero-order chi connectivity index (χ0) is 12.3. The van der Waals surface area contributed by atoms with E-state index < -0.39 is 0 Å². The Hall–Kier alpha value is -1.26. The van der Waals surface area contributed by atoms with E-state index in [0.29, 0.717) is 5.56 Å². The van der Waals surface area contributed by atoms with Gasteiger partial charge < -0.3 is 17.0 Å². The molecular formula is C13H12BrClN2O. The van der Waals surface area contributed by atoms with E-state index in [2.05, 4.69) is 4.98 Å². The van der Waals surface area contributed by atoms with Crippen molar-refractivity contribution in [2.24, 2.45) is 0 Å². The van der Waals surface area contributed by atoms with Crippen molar-refractivity contribution in [2.75, 3.05) is 0 Å². The molecular weight excluding hydrogens is 316 g/mol. The van der Waals surface area contributed by atoms with Crippen molar-refractivity contribution in [1.29, 1.82) is 0 Å². The Balaban J connectivity index is 0.00000162. The van der Waals surface area contributed by atoms with E-state index in [1.807, 2.05) is 35.9 Å². The van der Waals surface area contributed by atoms with Crippen LogP contribution in [0.5, 0.6) is 0 Å². The van der Waals surface area contributed by atoms with Crippen molar-refractivity contribution >= 4 is 17.4 Å². The number of rotatable bonds is 3. The van der Waals surface area contributed by atoms with Crippen molar-refractivity contribution in [3.8, 4) is 0 Å². The maximum Gasteiger partial charge on any atom is 0.230 e. The lowest BCUT2D eigenvalue weighted by molar-refractivity contribution is -0.689. The van der Waals surface area contributed by atoms with Crippen LogP contribution in [0.2, 0.25) is 5.15 Å². The highest BCUT2D eigenvalue weighted by molar-refractivity contribution is 6.32. The third-order valence-corrected chi connectivity index (χ3v) is 2.84. The van der Waals surface area contributed by atoms with Gasteiger partial charge in [0.15, 0.2) is 11.9 Å². The molecule has 0 N–H and O–H groups in total. The molecule has 0 aliphatic rings. The van der Waals surface area contributed by atoms with E-state index in [-0.39, 0.29) is 34.5 Å². The summed E-state index contributed by atoms with van der Waals surface area (Å²) in [6.07, 6.45) is 3.44. The monoisotopic (exact) mass is 326 g/mol. The summed E-state index contributed by atoms with van der Waals surface area (Å²) in [7, 11) is 0. The Bertz CT molecular complexity index is 560. The number of hydrogen-bond donors (Lipinski definition) is 0. The molecule has 0 amide bonds. The SMILES string of the molecule is Cc1cccc[n+]1CC(=O)c1cccnc1Cl.[Br-]. The number of ketones is 1. The molecule has 2 aromatic heterocycles. The average Bonchev–Trinajstić information content (AvgIpc) is 2.32. The van der Waals surface area contributed by atoms with Crippen LogP contribution in [0.3, 0.4) is 0 Å². The van der Waals surface area contributed by atoms with Gasteiger partial charge in [-0.1, -0.05) is 17.7 Å². The van der Waals surface area contributed by atoms with Crippen molar-refractivity contribution in [3.63, 3.8) is 0 Å². The molecule has 0 bridgehead atoms. The topological polar surface area (TPSA) is 33.8 Å². The standard InChI is InChI=1S/C13H12ClN2O.BrH/c1-10-5-2-3-8-16(10)9-12(17)11-6-4-7-15-13(11)14;/h2-8H,9H2,1H3;1H/q+1;/p-1. The van der Waals surface area contributed by atoms with Gasteiger partial charge in [-0.05, 0) is 12.1 Å². The van der Waals surface area contributed by atoms with E-state index in [1.165, 1.54) is 0 Å². The Labute approximate surface area is 121 Å². The minimum atomic E-state index is -0.0394.